The molecule has 3 N–H and O–H groups in total. The molecule has 0 aliphatic heterocycles. The summed E-state index contributed by atoms with van der Waals surface area (Å²) in [5.41, 5.74) is 0. The minimum absolute atomic E-state index is 0. The summed E-state index contributed by atoms with van der Waals surface area (Å²) in [6, 6.07) is 2.83. The second kappa shape index (κ2) is 3.95. The average Bonchev–Trinajstić information content (AvgIpc) is 1.92. The van der Waals surface area contributed by atoms with E-state index >= 15 is 0 Å². The molecule has 0 saturated carbocycles. The van der Waals surface area contributed by atoms with Crippen molar-refractivity contribution in [1.29, 1.82) is 0 Å². The summed E-state index contributed by atoms with van der Waals surface area (Å²) in [6.45, 7) is 0. The van der Waals surface area contributed by atoms with Crippen molar-refractivity contribution in [2.24, 2.45) is 0 Å². The molecule has 0 amide bonds. The van der Waals surface area contributed by atoms with Gasteiger partial charge in [0.2, 0.25) is 0 Å². The Balaban J connectivity index is 0.00000144. The second-order valence-electron chi connectivity index (χ2n) is 2.13. The number of hydrogen-bond donors (Lipinski definition) is 3. The Labute approximate surface area is 84.7 Å². The van der Waals surface area contributed by atoms with Gasteiger partial charge in [0, 0.05) is 22.6 Å². The molecule has 0 aliphatic rings. The van der Waals surface area contributed by atoms with E-state index in [1.54, 1.807) is 0 Å². The third-order valence-corrected chi connectivity index (χ3v) is 2.10. The molecule has 1 aromatic carbocycles. The summed E-state index contributed by atoms with van der Waals surface area (Å²) >= 11 is 0. The molecule has 5 nitrogen and oxygen atoms in total. The van der Waals surface area contributed by atoms with Crippen molar-refractivity contribution in [2.75, 3.05) is 0 Å². The second-order valence-corrected chi connectivity index (χ2v) is 3.52. The maximum absolute atomic E-state index is 10.5. The molecule has 0 radical (unpaired) electrons. The van der Waals surface area contributed by atoms with Gasteiger partial charge in [0.05, 0.1) is 0 Å². The summed E-state index contributed by atoms with van der Waals surface area (Å²) in [7, 11) is -4.47. The summed E-state index contributed by atoms with van der Waals surface area (Å²) in [4.78, 5) is -0.706. The van der Waals surface area contributed by atoms with Gasteiger partial charge in [0.1, 0.15) is 16.4 Å². The minimum Gasteiger partial charge on any atom is -0.508 e. The number of phenols is 2. The summed E-state index contributed by atoms with van der Waals surface area (Å²) in [6.07, 6.45) is 0. The van der Waals surface area contributed by atoms with Gasteiger partial charge >= 0.3 is 0 Å². The largest absolute Gasteiger partial charge is 0.508 e. The van der Waals surface area contributed by atoms with Gasteiger partial charge in [0.15, 0.2) is 0 Å². The molecule has 7 heteroatoms. The molecule has 1 aromatic rings. The molecule has 0 aromatic heterocycles. The van der Waals surface area contributed by atoms with Crippen LogP contribution in [0.25, 0.3) is 0 Å². The van der Waals surface area contributed by atoms with Crippen molar-refractivity contribution in [3.05, 3.63) is 18.2 Å². The van der Waals surface area contributed by atoms with E-state index in [4.69, 9.17) is 14.8 Å². The van der Waals surface area contributed by atoms with Crippen molar-refractivity contribution in [2.45, 2.75) is 4.90 Å². The zero-order chi connectivity index (χ0) is 9.35. The van der Waals surface area contributed by atoms with E-state index < -0.39 is 20.8 Å². The van der Waals surface area contributed by atoms with E-state index in [2.05, 4.69) is 0 Å². The maximum atomic E-state index is 10.5. The SMILES string of the molecule is O=S(=O)(O)c1cc(O)ccc1O.[Ni]. The van der Waals surface area contributed by atoms with E-state index in [9.17, 15) is 8.42 Å². The third kappa shape index (κ3) is 2.88. The van der Waals surface area contributed by atoms with Crippen LogP contribution in [0.5, 0.6) is 11.5 Å². The fourth-order valence-corrected chi connectivity index (χ4v) is 1.31. The van der Waals surface area contributed by atoms with Crippen molar-refractivity contribution < 1.29 is 39.7 Å². The monoisotopic (exact) mass is 248 g/mol. The van der Waals surface area contributed by atoms with E-state index in [-0.39, 0.29) is 22.2 Å². The summed E-state index contributed by atoms with van der Waals surface area (Å²) < 4.78 is 29.5. The fraction of sp³-hybridized carbons (Fsp3) is 0. The van der Waals surface area contributed by atoms with Crippen LogP contribution in [0.1, 0.15) is 0 Å². The number of benzene rings is 1. The fourth-order valence-electron chi connectivity index (χ4n) is 0.709. The normalized spacial score (nSPS) is 10.5. The molecule has 0 heterocycles. The van der Waals surface area contributed by atoms with E-state index in [0.29, 0.717) is 0 Å². The average molecular weight is 249 g/mol. The van der Waals surface area contributed by atoms with Gasteiger partial charge in [0.25, 0.3) is 10.1 Å². The van der Waals surface area contributed by atoms with Gasteiger partial charge in [-0.05, 0) is 12.1 Å². The first kappa shape index (κ1) is 12.2. The van der Waals surface area contributed by atoms with E-state index in [0.717, 1.165) is 18.2 Å². The quantitative estimate of drug-likeness (QED) is 0.379. The molecule has 0 fully saturated rings. The van der Waals surface area contributed by atoms with Crippen molar-refractivity contribution >= 4 is 10.1 Å². The van der Waals surface area contributed by atoms with Crippen LogP contribution in [0.4, 0.5) is 0 Å². The Morgan fingerprint density at radius 2 is 1.69 bits per heavy atom. The zero-order valence-corrected chi connectivity index (χ0v) is 7.92. The molecular formula is C6H6NiO5S. The van der Waals surface area contributed by atoms with Crippen LogP contribution in [0, 0.1) is 0 Å². The topological polar surface area (TPSA) is 94.8 Å². The van der Waals surface area contributed by atoms with Gasteiger partial charge in [-0.15, -0.1) is 0 Å². The van der Waals surface area contributed by atoms with E-state index in [1.807, 2.05) is 0 Å². The van der Waals surface area contributed by atoms with Gasteiger partial charge in [-0.2, -0.15) is 8.42 Å². The molecule has 0 atom stereocenters. The van der Waals surface area contributed by atoms with Gasteiger partial charge in [-0.25, -0.2) is 0 Å². The van der Waals surface area contributed by atoms with Gasteiger partial charge in [-0.3, -0.25) is 4.55 Å². The maximum Gasteiger partial charge on any atom is 0.298 e. The summed E-state index contributed by atoms with van der Waals surface area (Å²) in [5, 5.41) is 17.7. The molecule has 13 heavy (non-hydrogen) atoms. The standard InChI is InChI=1S/C6H6O5S.Ni/c7-4-1-2-5(8)6(3-4)12(9,10)11;/h1-3,7-8H,(H,9,10,11);. The van der Waals surface area contributed by atoms with Crippen molar-refractivity contribution in [1.82, 2.24) is 0 Å². The zero-order valence-electron chi connectivity index (χ0n) is 6.11. The predicted octanol–water partition coefficient (Wildman–Crippen LogP) is 0.342. The number of phenolic OH excluding ortho intramolecular Hbond substituents is 2. The Kier molecular flexibility index (Phi) is 3.72. The first-order valence-corrected chi connectivity index (χ1v) is 4.35. The van der Waals surface area contributed by atoms with Crippen LogP contribution in [-0.2, 0) is 26.6 Å². The minimum atomic E-state index is -4.47. The van der Waals surface area contributed by atoms with Gasteiger partial charge in [-0.1, -0.05) is 0 Å². The van der Waals surface area contributed by atoms with Crippen LogP contribution in [-0.4, -0.2) is 23.2 Å². The van der Waals surface area contributed by atoms with Gasteiger partial charge < -0.3 is 10.2 Å². The van der Waals surface area contributed by atoms with Crippen molar-refractivity contribution in [3.63, 3.8) is 0 Å². The molecular weight excluding hydrogens is 243 g/mol. The predicted molar refractivity (Wildman–Crippen MR) is 39.6 cm³/mol. The Bertz CT molecular complexity index is 399. The van der Waals surface area contributed by atoms with Crippen LogP contribution >= 0.6 is 0 Å². The first-order chi connectivity index (χ1) is 5.41. The molecule has 0 aliphatic carbocycles. The molecule has 0 saturated heterocycles. The summed E-state index contributed by atoms with van der Waals surface area (Å²) in [5.74, 6) is -0.948. The molecule has 76 valence electrons. The van der Waals surface area contributed by atoms with Crippen LogP contribution < -0.4 is 0 Å². The number of hydrogen-bond acceptors (Lipinski definition) is 4. The number of rotatable bonds is 1. The van der Waals surface area contributed by atoms with Crippen molar-refractivity contribution in [3.8, 4) is 11.5 Å². The third-order valence-electron chi connectivity index (χ3n) is 1.22. The molecule has 1 rings (SSSR count). The Morgan fingerprint density at radius 3 is 2.08 bits per heavy atom. The molecule has 0 spiro atoms. The first-order valence-electron chi connectivity index (χ1n) is 2.91. The Hall–Kier alpha value is -0.776. The molecule has 0 unspecified atom stereocenters. The van der Waals surface area contributed by atoms with Crippen LogP contribution in [0.3, 0.4) is 0 Å². The Morgan fingerprint density at radius 1 is 1.15 bits per heavy atom. The van der Waals surface area contributed by atoms with E-state index in [1.165, 1.54) is 0 Å². The van der Waals surface area contributed by atoms with Crippen LogP contribution in [0.15, 0.2) is 23.1 Å². The number of aromatic hydroxyl groups is 2. The smallest absolute Gasteiger partial charge is 0.298 e. The van der Waals surface area contributed by atoms with Crippen LogP contribution in [0.2, 0.25) is 0 Å². The molecule has 0 bridgehead atoms.